The predicted octanol–water partition coefficient (Wildman–Crippen LogP) is 13.3. The van der Waals surface area contributed by atoms with E-state index in [0.717, 1.165) is 12.8 Å². The van der Waals surface area contributed by atoms with Gasteiger partial charge in [-0.05, 0) is 164 Å². The molecule has 0 saturated heterocycles. The standard InChI is InChI=1S/C59H64BN3/c1-37-19-18-22-43(31-37)61-48-32-38(2)23-25-46(48)60-52-40(4)33-39(3)51-54(52)63(57(9)28-15-14-27-56(51,57)8)50-36-44(35-49(61)53(50)60)62-47-26-24-42(55(5,6)7)34-45(47)59(41-20-12-11-13-21-41)30-17-16-29-58(59,62)10/h11-13,18-26,31-36H,14-17,27-30H2,1-10H3. The van der Waals surface area contributed by atoms with Gasteiger partial charge in [0.2, 0.25) is 0 Å². The van der Waals surface area contributed by atoms with Crippen LogP contribution in [0.3, 0.4) is 0 Å². The van der Waals surface area contributed by atoms with Crippen molar-refractivity contribution in [3.8, 4) is 0 Å². The fraction of sp³-hybridized carbons (Fsp3) is 0.390. The first kappa shape index (κ1) is 39.4. The molecule has 2 saturated carbocycles. The molecule has 318 valence electrons. The third kappa shape index (κ3) is 4.89. The van der Waals surface area contributed by atoms with Crippen molar-refractivity contribution in [3.05, 3.63) is 154 Å². The van der Waals surface area contributed by atoms with Gasteiger partial charge in [-0.25, -0.2) is 0 Å². The first-order chi connectivity index (χ1) is 30.1. The highest BCUT2D eigenvalue weighted by Gasteiger charge is 2.64. The molecule has 0 bridgehead atoms. The average Bonchev–Trinajstić information content (AvgIpc) is 3.62. The summed E-state index contributed by atoms with van der Waals surface area (Å²) in [5, 5.41) is 0. The van der Waals surface area contributed by atoms with Gasteiger partial charge < -0.3 is 14.7 Å². The van der Waals surface area contributed by atoms with Crippen LogP contribution < -0.4 is 31.1 Å². The molecular weight excluding hydrogens is 761 g/mol. The van der Waals surface area contributed by atoms with Gasteiger partial charge in [-0.1, -0.05) is 132 Å². The SMILES string of the molecule is Cc1cccc(N2c3cc(C)ccc3B3c4c2cc(N2c5ccc(C(C)(C)C)cc5C5(c6ccccc6)CCCCC25C)cc4N2c4c3c(C)cc(C)c4C3(C)CCCCC23C)c1. The number of rotatable bonds is 3. The molecule has 12 rings (SSSR count). The number of benzene rings is 6. The van der Waals surface area contributed by atoms with Crippen LogP contribution >= 0.6 is 0 Å². The zero-order valence-electron chi connectivity index (χ0n) is 39.5. The minimum absolute atomic E-state index is 0.0371. The molecule has 6 aromatic rings. The van der Waals surface area contributed by atoms with Crippen LogP contribution in [0.2, 0.25) is 0 Å². The number of fused-ring (bicyclic) bond motifs is 10. The van der Waals surface area contributed by atoms with E-state index in [0.29, 0.717) is 0 Å². The van der Waals surface area contributed by atoms with E-state index >= 15 is 0 Å². The van der Waals surface area contributed by atoms with Crippen molar-refractivity contribution < 1.29 is 0 Å². The normalized spacial score (nSPS) is 26.2. The molecule has 4 heterocycles. The molecule has 0 amide bonds. The molecule has 0 spiro atoms. The van der Waals surface area contributed by atoms with Crippen LogP contribution in [0.1, 0.15) is 137 Å². The molecule has 6 aromatic carbocycles. The van der Waals surface area contributed by atoms with Crippen LogP contribution in [0.15, 0.2) is 109 Å². The Hall–Kier alpha value is -5.22. The van der Waals surface area contributed by atoms with Crippen LogP contribution in [0.25, 0.3) is 0 Å². The third-order valence-electron chi connectivity index (χ3n) is 17.9. The van der Waals surface area contributed by atoms with Crippen LogP contribution in [0.5, 0.6) is 0 Å². The number of hydrogen-bond donors (Lipinski definition) is 0. The van der Waals surface area contributed by atoms with Crippen molar-refractivity contribution in [2.24, 2.45) is 0 Å². The van der Waals surface area contributed by atoms with Crippen LogP contribution in [0.4, 0.5) is 39.8 Å². The molecule has 4 unspecified atom stereocenters. The van der Waals surface area contributed by atoms with E-state index in [1.54, 1.807) is 5.56 Å². The Morgan fingerprint density at radius 3 is 2.02 bits per heavy atom. The van der Waals surface area contributed by atoms with Crippen molar-refractivity contribution in [2.45, 2.75) is 148 Å². The Balaban J connectivity index is 1.22. The quantitative estimate of drug-likeness (QED) is 0.164. The lowest BCUT2D eigenvalue weighted by atomic mass is 9.32. The van der Waals surface area contributed by atoms with E-state index in [1.807, 2.05) is 0 Å². The summed E-state index contributed by atoms with van der Waals surface area (Å²) in [5.41, 5.74) is 25.1. The minimum Gasteiger partial charge on any atom is -0.335 e. The van der Waals surface area contributed by atoms with Crippen molar-refractivity contribution >= 4 is 62.9 Å². The maximum Gasteiger partial charge on any atom is 0.252 e. The first-order valence-electron chi connectivity index (χ1n) is 24.2. The van der Waals surface area contributed by atoms with Crippen LogP contribution in [-0.2, 0) is 16.2 Å². The lowest BCUT2D eigenvalue weighted by Crippen LogP contribution is -2.65. The van der Waals surface area contributed by atoms with E-state index in [1.165, 1.54) is 134 Å². The van der Waals surface area contributed by atoms with Gasteiger partial charge in [0.05, 0.1) is 11.1 Å². The monoisotopic (exact) mass is 826 g/mol. The highest BCUT2D eigenvalue weighted by molar-refractivity contribution is 7.00. The molecule has 3 nitrogen and oxygen atoms in total. The molecule has 63 heavy (non-hydrogen) atoms. The molecule has 4 atom stereocenters. The molecular formula is C59H64BN3. The zero-order chi connectivity index (χ0) is 43.6. The van der Waals surface area contributed by atoms with Gasteiger partial charge in [0.15, 0.2) is 0 Å². The van der Waals surface area contributed by atoms with E-state index in [2.05, 4.69) is 193 Å². The lowest BCUT2D eigenvalue weighted by molar-refractivity contribution is 0.194. The topological polar surface area (TPSA) is 9.72 Å². The Morgan fingerprint density at radius 2 is 1.25 bits per heavy atom. The molecule has 6 aliphatic rings. The Bertz CT molecular complexity index is 2920. The maximum absolute atomic E-state index is 2.95. The van der Waals surface area contributed by atoms with Gasteiger partial charge >= 0.3 is 0 Å². The van der Waals surface area contributed by atoms with Gasteiger partial charge in [0.1, 0.15) is 0 Å². The Kier molecular flexibility index (Phi) is 8.10. The van der Waals surface area contributed by atoms with Crippen LogP contribution in [-0.4, -0.2) is 17.8 Å². The summed E-state index contributed by atoms with van der Waals surface area (Å²) < 4.78 is 0. The smallest absolute Gasteiger partial charge is 0.252 e. The van der Waals surface area contributed by atoms with Crippen molar-refractivity contribution in [3.63, 3.8) is 0 Å². The molecule has 0 N–H and O–H groups in total. The van der Waals surface area contributed by atoms with Crippen LogP contribution in [0, 0.1) is 27.7 Å². The van der Waals surface area contributed by atoms with Crippen molar-refractivity contribution in [1.82, 2.24) is 0 Å². The third-order valence-corrected chi connectivity index (χ3v) is 17.9. The molecule has 0 aromatic heterocycles. The maximum atomic E-state index is 2.95. The fourth-order valence-corrected chi connectivity index (χ4v) is 14.9. The van der Waals surface area contributed by atoms with E-state index in [9.17, 15) is 0 Å². The molecule has 4 heteroatoms. The van der Waals surface area contributed by atoms with Gasteiger partial charge in [0.25, 0.3) is 6.71 Å². The largest absolute Gasteiger partial charge is 0.335 e. The lowest BCUT2D eigenvalue weighted by Gasteiger charge is -2.54. The summed E-state index contributed by atoms with van der Waals surface area (Å²) in [6.07, 6.45) is 9.69. The first-order valence-corrected chi connectivity index (χ1v) is 24.2. The Morgan fingerprint density at radius 1 is 0.540 bits per heavy atom. The van der Waals surface area contributed by atoms with E-state index in [4.69, 9.17) is 0 Å². The summed E-state index contributed by atoms with van der Waals surface area (Å²) >= 11 is 0. The summed E-state index contributed by atoms with van der Waals surface area (Å²) in [7, 11) is 0. The summed E-state index contributed by atoms with van der Waals surface area (Å²) in [4.78, 5) is 8.50. The predicted molar refractivity (Wildman–Crippen MR) is 269 cm³/mol. The summed E-state index contributed by atoms with van der Waals surface area (Å²) in [6, 6.07) is 43.7. The van der Waals surface area contributed by atoms with Gasteiger partial charge in [-0.2, -0.15) is 0 Å². The van der Waals surface area contributed by atoms with E-state index in [-0.39, 0.29) is 34.0 Å². The number of nitrogens with zero attached hydrogens (tertiary/aromatic N) is 3. The number of anilines is 7. The zero-order valence-corrected chi connectivity index (χ0v) is 39.5. The van der Waals surface area contributed by atoms with Gasteiger partial charge in [-0.15, -0.1) is 0 Å². The summed E-state index contributed by atoms with van der Waals surface area (Å²) in [5.74, 6) is 0. The Labute approximate surface area is 377 Å². The highest BCUT2D eigenvalue weighted by atomic mass is 15.3. The molecule has 4 aliphatic heterocycles. The van der Waals surface area contributed by atoms with Crippen molar-refractivity contribution in [2.75, 3.05) is 14.7 Å². The molecule has 2 fully saturated rings. The van der Waals surface area contributed by atoms with E-state index < -0.39 is 0 Å². The molecule has 0 radical (unpaired) electrons. The van der Waals surface area contributed by atoms with Gasteiger partial charge in [-0.3, -0.25) is 0 Å². The molecule has 2 aliphatic carbocycles. The van der Waals surface area contributed by atoms with Crippen molar-refractivity contribution in [1.29, 1.82) is 0 Å². The van der Waals surface area contributed by atoms with Gasteiger partial charge in [0, 0.05) is 50.6 Å². The number of hydrogen-bond acceptors (Lipinski definition) is 3. The summed E-state index contributed by atoms with van der Waals surface area (Å²) in [6.45, 7) is 24.5. The minimum atomic E-state index is -0.192. The second kappa shape index (κ2) is 13.0. The second-order valence-electron chi connectivity index (χ2n) is 22.4. The fourth-order valence-electron chi connectivity index (χ4n) is 14.9. The number of aryl methyl sites for hydroxylation is 4. The highest BCUT2D eigenvalue weighted by Crippen LogP contribution is 2.66. The second-order valence-corrected chi connectivity index (χ2v) is 22.4. The average molecular weight is 826 g/mol.